The van der Waals surface area contributed by atoms with Crippen LogP contribution in [0.1, 0.15) is 22.9 Å². The quantitative estimate of drug-likeness (QED) is 0.774. The zero-order chi connectivity index (χ0) is 13.7. The van der Waals surface area contributed by atoms with Crippen molar-refractivity contribution in [2.24, 2.45) is 0 Å². The first-order valence-corrected chi connectivity index (χ1v) is 8.12. The second kappa shape index (κ2) is 4.40. The van der Waals surface area contributed by atoms with Crippen LogP contribution in [0.2, 0.25) is 0 Å². The topological polar surface area (TPSA) is 50.2 Å². The highest BCUT2D eigenvalue weighted by Crippen LogP contribution is 2.42. The summed E-state index contributed by atoms with van der Waals surface area (Å²) in [6.45, 7) is 0. The Morgan fingerprint density at radius 3 is 3.05 bits per heavy atom. The summed E-state index contributed by atoms with van der Waals surface area (Å²) in [7, 11) is 0. The fourth-order valence-electron chi connectivity index (χ4n) is 2.73. The Bertz CT molecular complexity index is 818. The number of benzene rings is 1. The van der Waals surface area contributed by atoms with Crippen LogP contribution in [0.4, 0.5) is 0 Å². The van der Waals surface area contributed by atoms with Gasteiger partial charge in [0.2, 0.25) is 0 Å². The van der Waals surface area contributed by atoms with E-state index in [9.17, 15) is 9.90 Å². The normalized spacial score (nSPS) is 17.5. The molecule has 2 heterocycles. The average Bonchev–Trinajstić information content (AvgIpc) is 3.10. The van der Waals surface area contributed by atoms with Crippen LogP contribution in [0.15, 0.2) is 29.6 Å². The first-order chi connectivity index (χ1) is 9.74. The fourth-order valence-corrected chi connectivity index (χ4v) is 4.91. The number of thiophene rings is 1. The molecule has 0 saturated carbocycles. The third-order valence-electron chi connectivity index (χ3n) is 3.73. The Morgan fingerprint density at radius 1 is 1.35 bits per heavy atom. The number of thiazole rings is 1. The number of carboxylic acid groups (broad SMARTS) is 1. The number of aryl methyl sites for hydroxylation is 1. The zero-order valence-corrected chi connectivity index (χ0v) is 12.1. The molecule has 0 bridgehead atoms. The second-order valence-corrected chi connectivity index (χ2v) is 6.90. The number of carboxylic acids is 1. The molecule has 0 amide bonds. The average molecular weight is 301 g/mol. The van der Waals surface area contributed by atoms with Crippen molar-refractivity contribution in [3.8, 4) is 10.6 Å². The molecule has 1 aromatic carbocycles. The number of aliphatic carboxylic acids is 1. The molecule has 3 nitrogen and oxygen atoms in total. The molecule has 5 heteroatoms. The van der Waals surface area contributed by atoms with Crippen molar-refractivity contribution < 1.29 is 9.90 Å². The van der Waals surface area contributed by atoms with E-state index in [1.165, 1.54) is 10.1 Å². The van der Waals surface area contributed by atoms with Crippen LogP contribution in [-0.4, -0.2) is 16.1 Å². The van der Waals surface area contributed by atoms with Crippen LogP contribution >= 0.6 is 22.7 Å². The van der Waals surface area contributed by atoms with Crippen molar-refractivity contribution >= 4 is 38.7 Å². The van der Waals surface area contributed by atoms with Gasteiger partial charge in [0, 0.05) is 25.9 Å². The molecule has 20 heavy (non-hydrogen) atoms. The molecule has 0 saturated heterocycles. The Morgan fingerprint density at radius 2 is 2.20 bits per heavy atom. The largest absolute Gasteiger partial charge is 0.481 e. The molecule has 1 atom stereocenters. The SMILES string of the molecule is O=C(O)C1CCc2sc(-c3csc4ccccc34)nc21. The minimum absolute atomic E-state index is 0.417. The highest BCUT2D eigenvalue weighted by molar-refractivity contribution is 7.19. The molecule has 100 valence electrons. The maximum absolute atomic E-state index is 11.2. The smallest absolute Gasteiger partial charge is 0.312 e. The minimum atomic E-state index is -0.754. The predicted molar refractivity (Wildman–Crippen MR) is 81.6 cm³/mol. The molecule has 1 aliphatic rings. The van der Waals surface area contributed by atoms with Crippen LogP contribution in [0.3, 0.4) is 0 Å². The summed E-state index contributed by atoms with van der Waals surface area (Å²) in [5, 5.41) is 13.5. The number of fused-ring (bicyclic) bond motifs is 2. The molecule has 4 rings (SSSR count). The van der Waals surface area contributed by atoms with Crippen LogP contribution in [0.5, 0.6) is 0 Å². The first kappa shape index (κ1) is 12.1. The van der Waals surface area contributed by atoms with Crippen LogP contribution < -0.4 is 0 Å². The molecule has 2 aromatic heterocycles. The summed E-state index contributed by atoms with van der Waals surface area (Å²) < 4.78 is 1.24. The van der Waals surface area contributed by atoms with E-state index in [1.807, 2.05) is 12.1 Å². The van der Waals surface area contributed by atoms with E-state index in [2.05, 4.69) is 22.5 Å². The molecule has 3 aromatic rings. The minimum Gasteiger partial charge on any atom is -0.481 e. The highest BCUT2D eigenvalue weighted by atomic mass is 32.1. The zero-order valence-electron chi connectivity index (χ0n) is 10.5. The lowest BCUT2D eigenvalue weighted by molar-refractivity contribution is -0.138. The van der Waals surface area contributed by atoms with Crippen molar-refractivity contribution in [2.75, 3.05) is 0 Å². The van der Waals surface area contributed by atoms with E-state index in [4.69, 9.17) is 0 Å². The Hall–Kier alpha value is -1.72. The van der Waals surface area contributed by atoms with Crippen molar-refractivity contribution in [1.82, 2.24) is 4.98 Å². The molecule has 0 aliphatic heterocycles. The molecule has 0 radical (unpaired) electrons. The number of carbonyl (C=O) groups is 1. The van der Waals surface area contributed by atoms with E-state index < -0.39 is 11.9 Å². The van der Waals surface area contributed by atoms with Crippen molar-refractivity contribution in [3.63, 3.8) is 0 Å². The van der Waals surface area contributed by atoms with Gasteiger partial charge in [0.25, 0.3) is 0 Å². The second-order valence-electron chi connectivity index (χ2n) is 4.90. The third-order valence-corrected chi connectivity index (χ3v) is 5.85. The maximum atomic E-state index is 11.2. The van der Waals surface area contributed by atoms with E-state index >= 15 is 0 Å². The van der Waals surface area contributed by atoms with E-state index in [1.54, 1.807) is 22.7 Å². The molecular formula is C15H11NO2S2. The summed E-state index contributed by atoms with van der Waals surface area (Å²) in [5.41, 5.74) is 1.92. The Labute approximate surface area is 123 Å². The van der Waals surface area contributed by atoms with E-state index in [0.717, 1.165) is 27.6 Å². The van der Waals surface area contributed by atoms with Gasteiger partial charge in [-0.2, -0.15) is 0 Å². The molecular weight excluding hydrogens is 290 g/mol. The van der Waals surface area contributed by atoms with Gasteiger partial charge in [-0.1, -0.05) is 18.2 Å². The monoisotopic (exact) mass is 301 g/mol. The molecule has 0 spiro atoms. The van der Waals surface area contributed by atoms with Gasteiger partial charge in [-0.15, -0.1) is 22.7 Å². The lowest BCUT2D eigenvalue weighted by atomic mass is 10.1. The molecule has 0 fully saturated rings. The number of hydrogen-bond acceptors (Lipinski definition) is 4. The van der Waals surface area contributed by atoms with Gasteiger partial charge in [0.1, 0.15) is 10.9 Å². The summed E-state index contributed by atoms with van der Waals surface area (Å²) in [5.74, 6) is -1.17. The summed E-state index contributed by atoms with van der Waals surface area (Å²) >= 11 is 3.35. The first-order valence-electron chi connectivity index (χ1n) is 6.43. The summed E-state index contributed by atoms with van der Waals surface area (Å²) in [4.78, 5) is 17.0. The number of hydrogen-bond donors (Lipinski definition) is 1. The number of aromatic nitrogens is 1. The molecule has 1 unspecified atom stereocenters. The summed E-state index contributed by atoms with van der Waals surface area (Å²) in [6, 6.07) is 8.26. The summed E-state index contributed by atoms with van der Waals surface area (Å²) in [6.07, 6.45) is 1.53. The van der Waals surface area contributed by atoms with Gasteiger partial charge < -0.3 is 5.11 Å². The van der Waals surface area contributed by atoms with Crippen molar-refractivity contribution in [3.05, 3.63) is 40.2 Å². The lowest BCUT2D eigenvalue weighted by Crippen LogP contribution is -2.08. The Balaban J connectivity index is 1.85. The van der Waals surface area contributed by atoms with Gasteiger partial charge in [0.15, 0.2) is 0 Å². The predicted octanol–water partition coefficient (Wildman–Crippen LogP) is 4.14. The van der Waals surface area contributed by atoms with Crippen LogP contribution in [0, 0.1) is 0 Å². The van der Waals surface area contributed by atoms with Gasteiger partial charge in [-0.25, -0.2) is 4.98 Å². The standard InChI is InChI=1S/C15H11NO2S2/c17-15(18)9-5-6-12-13(9)16-14(20-12)10-7-19-11-4-2-1-3-8(10)11/h1-4,7,9H,5-6H2,(H,17,18). The third kappa shape index (κ3) is 1.70. The molecule has 1 aliphatic carbocycles. The van der Waals surface area contributed by atoms with Gasteiger partial charge in [0.05, 0.1) is 5.69 Å². The number of rotatable bonds is 2. The van der Waals surface area contributed by atoms with Crippen LogP contribution in [0.25, 0.3) is 20.7 Å². The van der Waals surface area contributed by atoms with Crippen molar-refractivity contribution in [1.29, 1.82) is 0 Å². The molecule has 1 N–H and O–H groups in total. The van der Waals surface area contributed by atoms with Crippen LogP contribution in [-0.2, 0) is 11.2 Å². The van der Waals surface area contributed by atoms with E-state index in [-0.39, 0.29) is 0 Å². The maximum Gasteiger partial charge on any atom is 0.312 e. The van der Waals surface area contributed by atoms with E-state index in [0.29, 0.717) is 6.42 Å². The van der Waals surface area contributed by atoms with Gasteiger partial charge >= 0.3 is 5.97 Å². The highest BCUT2D eigenvalue weighted by Gasteiger charge is 2.32. The Kier molecular flexibility index (Phi) is 2.65. The fraction of sp³-hybridized carbons (Fsp3) is 0.200. The van der Waals surface area contributed by atoms with Crippen molar-refractivity contribution in [2.45, 2.75) is 18.8 Å². The van der Waals surface area contributed by atoms with Gasteiger partial charge in [-0.05, 0) is 18.9 Å². The van der Waals surface area contributed by atoms with Gasteiger partial charge in [-0.3, -0.25) is 4.79 Å². The lowest BCUT2D eigenvalue weighted by Gasteiger charge is -2.01. The number of nitrogens with zero attached hydrogens (tertiary/aromatic N) is 1.